The Labute approximate surface area is 202 Å². The highest BCUT2D eigenvalue weighted by molar-refractivity contribution is 9.10. The number of amides is 1. The van der Waals surface area contributed by atoms with E-state index in [4.69, 9.17) is 0 Å². The molecule has 1 unspecified atom stereocenters. The fourth-order valence-corrected chi connectivity index (χ4v) is 6.05. The van der Waals surface area contributed by atoms with Crippen LogP contribution in [0, 0.1) is 11.7 Å². The van der Waals surface area contributed by atoms with Crippen LogP contribution in [0.4, 0.5) is 23.2 Å². The van der Waals surface area contributed by atoms with Gasteiger partial charge in [0.05, 0.1) is 22.1 Å². The van der Waals surface area contributed by atoms with Crippen molar-refractivity contribution in [2.45, 2.75) is 43.9 Å². The fourth-order valence-electron chi connectivity index (χ4n) is 4.55. The van der Waals surface area contributed by atoms with E-state index in [9.17, 15) is 22.4 Å². The van der Waals surface area contributed by atoms with E-state index in [2.05, 4.69) is 26.2 Å². The second-order valence-corrected chi connectivity index (χ2v) is 10.6. The van der Waals surface area contributed by atoms with E-state index in [-0.39, 0.29) is 23.5 Å². The topological polar surface area (TPSA) is 45.2 Å². The first-order valence-corrected chi connectivity index (χ1v) is 12.7. The minimum Gasteiger partial charge on any atom is -0.380 e. The number of hydrogen-bond donors (Lipinski definition) is 1. The number of benzene rings is 1. The molecule has 1 fully saturated rings. The lowest BCUT2D eigenvalue weighted by Gasteiger charge is -2.33. The molecule has 4 rings (SSSR count). The van der Waals surface area contributed by atoms with Crippen LogP contribution in [0.5, 0.6) is 0 Å². The average molecular weight is 546 g/mol. The van der Waals surface area contributed by atoms with Gasteiger partial charge in [-0.25, -0.2) is 4.39 Å². The van der Waals surface area contributed by atoms with Gasteiger partial charge in [0.25, 0.3) is 0 Å². The van der Waals surface area contributed by atoms with Gasteiger partial charge in [0.2, 0.25) is 5.91 Å². The van der Waals surface area contributed by atoms with Crippen molar-refractivity contribution in [3.05, 3.63) is 57.6 Å². The minimum absolute atomic E-state index is 0.00631. The summed E-state index contributed by atoms with van der Waals surface area (Å²) < 4.78 is 56.0. The van der Waals surface area contributed by atoms with E-state index in [0.717, 1.165) is 27.5 Å². The van der Waals surface area contributed by atoms with E-state index in [1.54, 1.807) is 23.9 Å². The molecule has 1 saturated heterocycles. The molecular formula is C23H24BrF4N3OS. The molecule has 1 N–H and O–H groups in total. The van der Waals surface area contributed by atoms with Gasteiger partial charge in [0, 0.05) is 19.0 Å². The number of rotatable bonds is 5. The van der Waals surface area contributed by atoms with Crippen LogP contribution in [0.3, 0.4) is 0 Å². The minimum atomic E-state index is -4.64. The first-order valence-electron chi connectivity index (χ1n) is 10.7. The number of fused-ring (bicyclic) bond motifs is 1. The summed E-state index contributed by atoms with van der Waals surface area (Å²) in [5, 5.41) is 3.27. The van der Waals surface area contributed by atoms with Gasteiger partial charge in [-0.2, -0.15) is 24.9 Å². The molecule has 178 valence electrons. The summed E-state index contributed by atoms with van der Waals surface area (Å²) in [5.74, 6) is 0.395. The van der Waals surface area contributed by atoms with Gasteiger partial charge in [0.15, 0.2) is 6.04 Å². The molecule has 0 radical (unpaired) electrons. The third-order valence-electron chi connectivity index (χ3n) is 6.23. The Bertz CT molecular complexity index is 981. The number of nitrogens with zero attached hydrogens (tertiary/aromatic N) is 2. The normalized spacial score (nSPS) is 19.8. The van der Waals surface area contributed by atoms with Crippen molar-refractivity contribution in [3.8, 4) is 0 Å². The molecule has 33 heavy (non-hydrogen) atoms. The molecule has 10 heteroatoms. The van der Waals surface area contributed by atoms with E-state index in [1.165, 1.54) is 25.4 Å². The number of alkyl halides is 3. The van der Waals surface area contributed by atoms with Gasteiger partial charge < -0.3 is 10.2 Å². The second-order valence-electron chi connectivity index (χ2n) is 8.54. The maximum atomic E-state index is 13.9. The third-order valence-corrected chi connectivity index (χ3v) is 7.88. The van der Waals surface area contributed by atoms with E-state index in [1.807, 2.05) is 0 Å². The van der Waals surface area contributed by atoms with Crippen molar-refractivity contribution in [1.29, 1.82) is 0 Å². The number of anilines is 1. The highest BCUT2D eigenvalue weighted by Crippen LogP contribution is 2.38. The molecule has 2 atom stereocenters. The fraction of sp³-hybridized carbons (Fsp3) is 0.478. The number of aromatic nitrogens is 1. The van der Waals surface area contributed by atoms with Gasteiger partial charge in [0.1, 0.15) is 5.82 Å². The zero-order valence-electron chi connectivity index (χ0n) is 18.0. The smallest absolute Gasteiger partial charge is 0.380 e. The zero-order chi connectivity index (χ0) is 23.8. The van der Waals surface area contributed by atoms with Crippen molar-refractivity contribution in [2.75, 3.05) is 23.9 Å². The summed E-state index contributed by atoms with van der Waals surface area (Å²) in [7, 11) is 1.21. The number of carbonyl (C=O) groups is 1. The Morgan fingerprint density at radius 2 is 1.88 bits per heavy atom. The maximum Gasteiger partial charge on any atom is 0.414 e. The average Bonchev–Trinajstić information content (AvgIpc) is 3.15. The molecule has 2 aromatic rings. The summed E-state index contributed by atoms with van der Waals surface area (Å²) in [6, 6.07) is 4.04. The molecule has 1 aromatic carbocycles. The zero-order valence-corrected chi connectivity index (χ0v) is 20.4. The van der Waals surface area contributed by atoms with Crippen LogP contribution in [0.1, 0.15) is 35.7 Å². The molecule has 1 aliphatic heterocycles. The summed E-state index contributed by atoms with van der Waals surface area (Å²) in [4.78, 5) is 17.6. The lowest BCUT2D eigenvalue weighted by Crippen LogP contribution is -2.43. The van der Waals surface area contributed by atoms with Crippen LogP contribution >= 0.6 is 27.7 Å². The van der Waals surface area contributed by atoms with Crippen LogP contribution in [0.25, 0.3) is 0 Å². The van der Waals surface area contributed by atoms with Crippen LogP contribution in [0.2, 0.25) is 0 Å². The predicted octanol–water partition coefficient (Wildman–Crippen LogP) is 5.77. The first-order chi connectivity index (χ1) is 15.6. The molecule has 0 bridgehead atoms. The summed E-state index contributed by atoms with van der Waals surface area (Å²) in [6.45, 7) is 0. The van der Waals surface area contributed by atoms with Gasteiger partial charge in [-0.05, 0) is 88.5 Å². The van der Waals surface area contributed by atoms with Crippen molar-refractivity contribution in [3.63, 3.8) is 0 Å². The molecule has 2 aliphatic rings. The first kappa shape index (κ1) is 24.3. The molecular weight excluding hydrogens is 522 g/mol. The van der Waals surface area contributed by atoms with Crippen molar-refractivity contribution >= 4 is 39.3 Å². The van der Waals surface area contributed by atoms with Gasteiger partial charge in [-0.3, -0.25) is 9.78 Å². The molecule has 4 nitrogen and oxygen atoms in total. The van der Waals surface area contributed by atoms with Gasteiger partial charge in [-0.1, -0.05) is 0 Å². The standard InChI is InChI=1S/C23H24BrF4N3OS/c1-31(22(32)13-4-6-33-7-5-13)21(23(26,27)28)20-3-2-16(12-29-20)30-17-8-14-10-18(24)19(25)11-15(14)9-17/h2-3,10-13,17,21,30H,4-9H2,1H3/t17?,21-/m0/s1. The Morgan fingerprint density at radius 1 is 1.21 bits per heavy atom. The maximum absolute atomic E-state index is 13.9. The third kappa shape index (κ3) is 5.48. The Balaban J connectivity index is 1.46. The van der Waals surface area contributed by atoms with Gasteiger partial charge in [-0.15, -0.1) is 0 Å². The molecule has 2 heterocycles. The molecule has 1 aromatic heterocycles. The lowest BCUT2D eigenvalue weighted by atomic mass is 9.99. The lowest BCUT2D eigenvalue weighted by molar-refractivity contribution is -0.191. The number of thioether (sulfide) groups is 1. The highest BCUT2D eigenvalue weighted by atomic mass is 79.9. The Kier molecular flexibility index (Phi) is 7.23. The predicted molar refractivity (Wildman–Crippen MR) is 125 cm³/mol. The van der Waals surface area contributed by atoms with Crippen LogP contribution < -0.4 is 5.32 Å². The number of halogens is 5. The Morgan fingerprint density at radius 3 is 2.48 bits per heavy atom. The monoisotopic (exact) mass is 545 g/mol. The molecule has 0 saturated carbocycles. The van der Waals surface area contributed by atoms with E-state index >= 15 is 0 Å². The Hall–Kier alpha value is -1.81. The SMILES string of the molecule is CN(C(=O)C1CCSCC1)[C@@H](c1ccc(NC2Cc3cc(F)c(Br)cc3C2)cn1)C(F)(F)F. The van der Waals surface area contributed by atoms with Crippen LogP contribution in [-0.2, 0) is 17.6 Å². The highest BCUT2D eigenvalue weighted by Gasteiger charge is 2.47. The number of carbonyl (C=O) groups excluding carboxylic acids is 1. The van der Waals surface area contributed by atoms with Crippen molar-refractivity contribution in [2.24, 2.45) is 5.92 Å². The largest absolute Gasteiger partial charge is 0.414 e. The number of pyridine rings is 1. The van der Waals surface area contributed by atoms with Gasteiger partial charge >= 0.3 is 6.18 Å². The van der Waals surface area contributed by atoms with Crippen LogP contribution in [-0.4, -0.2) is 46.6 Å². The second kappa shape index (κ2) is 9.82. The van der Waals surface area contributed by atoms with Crippen molar-refractivity contribution in [1.82, 2.24) is 9.88 Å². The molecule has 1 aliphatic carbocycles. The quantitative estimate of drug-likeness (QED) is 0.484. The molecule has 1 amide bonds. The number of hydrogen-bond acceptors (Lipinski definition) is 4. The summed E-state index contributed by atoms with van der Waals surface area (Å²) in [5.41, 5.74) is 2.31. The number of nitrogens with one attached hydrogen (secondary N) is 1. The summed E-state index contributed by atoms with van der Waals surface area (Å²) >= 11 is 4.91. The summed E-state index contributed by atoms with van der Waals surface area (Å²) in [6.07, 6.45) is -0.789. The van der Waals surface area contributed by atoms with E-state index in [0.29, 0.717) is 35.8 Å². The van der Waals surface area contributed by atoms with Crippen LogP contribution in [0.15, 0.2) is 34.9 Å². The molecule has 0 spiro atoms. The van der Waals surface area contributed by atoms with E-state index < -0.39 is 18.1 Å². The van der Waals surface area contributed by atoms with Crippen molar-refractivity contribution < 1.29 is 22.4 Å².